The van der Waals surface area contributed by atoms with Gasteiger partial charge in [-0.05, 0) is 18.6 Å². The number of benzene rings is 1. The molecule has 0 aliphatic carbocycles. The van der Waals surface area contributed by atoms with Gasteiger partial charge >= 0.3 is 5.97 Å². The Morgan fingerprint density at radius 1 is 1.26 bits per heavy atom. The average Bonchev–Trinajstić information content (AvgIpc) is 3.12. The zero-order valence-corrected chi connectivity index (χ0v) is 14.1. The molecule has 1 saturated heterocycles. The summed E-state index contributed by atoms with van der Waals surface area (Å²) in [6.45, 7) is 1.92. The summed E-state index contributed by atoms with van der Waals surface area (Å²) in [6.07, 6.45) is 2.28. The number of hydrogen-bond acceptors (Lipinski definition) is 6. The summed E-state index contributed by atoms with van der Waals surface area (Å²) < 4.78 is 5.23. The van der Waals surface area contributed by atoms with Gasteiger partial charge in [0.05, 0.1) is 0 Å². The van der Waals surface area contributed by atoms with Gasteiger partial charge in [0.1, 0.15) is 27.5 Å². The number of hydrogen-bond donors (Lipinski definition) is 0. The van der Waals surface area contributed by atoms with Crippen molar-refractivity contribution in [3.8, 4) is 10.4 Å². The van der Waals surface area contributed by atoms with Crippen LogP contribution in [0.2, 0.25) is 0 Å². The lowest BCUT2D eigenvalue weighted by molar-refractivity contribution is -0.140. The number of fused-ring (bicyclic) bond motifs is 1. The van der Waals surface area contributed by atoms with Crippen molar-refractivity contribution >= 4 is 39.3 Å². The Labute approximate surface area is 141 Å². The Kier molecular flexibility index (Phi) is 3.79. The van der Waals surface area contributed by atoms with Gasteiger partial charge in [0.15, 0.2) is 0 Å². The molecule has 1 aliphatic rings. The van der Waals surface area contributed by atoms with Crippen LogP contribution in [0, 0.1) is 0 Å². The first-order chi connectivity index (χ1) is 11.2. The fourth-order valence-corrected chi connectivity index (χ4v) is 4.87. The molecule has 2 atom stereocenters. The van der Waals surface area contributed by atoms with Gasteiger partial charge in [0.2, 0.25) is 0 Å². The number of thiophene rings is 1. The third-order valence-electron chi connectivity index (χ3n) is 3.73. The van der Waals surface area contributed by atoms with Crippen molar-refractivity contribution in [2.45, 2.75) is 29.7 Å². The molecule has 2 aromatic heterocycles. The van der Waals surface area contributed by atoms with Crippen molar-refractivity contribution in [3.05, 3.63) is 42.7 Å². The van der Waals surface area contributed by atoms with Crippen LogP contribution in [0.1, 0.15) is 13.3 Å². The second-order valence-corrected chi connectivity index (χ2v) is 7.69. The number of carbonyl (C=O) groups excluding carboxylic acids is 1. The van der Waals surface area contributed by atoms with Crippen LogP contribution in [0.3, 0.4) is 0 Å². The van der Waals surface area contributed by atoms with Gasteiger partial charge in [0.25, 0.3) is 0 Å². The lowest BCUT2D eigenvalue weighted by Gasteiger charge is -2.04. The quantitative estimate of drug-likeness (QED) is 0.528. The van der Waals surface area contributed by atoms with Crippen molar-refractivity contribution < 1.29 is 9.53 Å². The van der Waals surface area contributed by atoms with Crippen molar-refractivity contribution in [1.82, 2.24) is 9.97 Å². The first-order valence-electron chi connectivity index (χ1n) is 7.38. The van der Waals surface area contributed by atoms with Crippen LogP contribution in [0.5, 0.6) is 0 Å². The number of ether oxygens (including phenoxy) is 1. The van der Waals surface area contributed by atoms with Gasteiger partial charge in [-0.3, -0.25) is 4.79 Å². The third-order valence-corrected chi connectivity index (χ3v) is 6.04. The van der Waals surface area contributed by atoms with Gasteiger partial charge in [-0.25, -0.2) is 9.97 Å². The largest absolute Gasteiger partial charge is 0.462 e. The molecule has 3 heterocycles. The van der Waals surface area contributed by atoms with E-state index in [1.54, 1.807) is 17.7 Å². The van der Waals surface area contributed by atoms with E-state index >= 15 is 0 Å². The minimum Gasteiger partial charge on any atom is -0.462 e. The van der Waals surface area contributed by atoms with Gasteiger partial charge in [-0.2, -0.15) is 0 Å². The Hall–Kier alpha value is -1.92. The van der Waals surface area contributed by atoms with E-state index in [9.17, 15) is 4.79 Å². The summed E-state index contributed by atoms with van der Waals surface area (Å²) in [5.41, 5.74) is 1.17. The molecule has 23 heavy (non-hydrogen) atoms. The first kappa shape index (κ1) is 14.7. The Balaban J connectivity index is 1.71. The van der Waals surface area contributed by atoms with Crippen molar-refractivity contribution in [1.29, 1.82) is 0 Å². The summed E-state index contributed by atoms with van der Waals surface area (Å²) in [7, 11) is 0. The Morgan fingerprint density at radius 2 is 2.09 bits per heavy atom. The van der Waals surface area contributed by atoms with E-state index in [4.69, 9.17) is 4.74 Å². The monoisotopic (exact) mass is 342 g/mol. The topological polar surface area (TPSA) is 52.1 Å². The van der Waals surface area contributed by atoms with Gasteiger partial charge in [-0.1, -0.05) is 42.1 Å². The molecule has 3 aromatic rings. The molecular weight excluding hydrogens is 328 g/mol. The predicted octanol–water partition coefficient (Wildman–Crippen LogP) is 4.15. The van der Waals surface area contributed by atoms with Crippen LogP contribution < -0.4 is 0 Å². The SMILES string of the molecule is C[C@H]1C[C@H](Sc2ncnc3sc(-c4ccccc4)cc23)C(=O)O1. The molecular formula is C17H14N2O2S2. The molecule has 4 nitrogen and oxygen atoms in total. The number of cyclic esters (lactones) is 1. The van der Waals surface area contributed by atoms with Crippen LogP contribution >= 0.6 is 23.1 Å². The van der Waals surface area contributed by atoms with Crippen LogP contribution in [0.15, 0.2) is 47.8 Å². The minimum absolute atomic E-state index is 0.0142. The van der Waals surface area contributed by atoms with Crippen molar-refractivity contribution in [2.24, 2.45) is 0 Å². The number of nitrogens with zero attached hydrogens (tertiary/aromatic N) is 2. The smallest absolute Gasteiger partial charge is 0.319 e. The van der Waals surface area contributed by atoms with E-state index in [2.05, 4.69) is 28.2 Å². The summed E-state index contributed by atoms with van der Waals surface area (Å²) in [4.78, 5) is 22.7. The summed E-state index contributed by atoms with van der Waals surface area (Å²) >= 11 is 3.13. The maximum absolute atomic E-state index is 11.9. The van der Waals surface area contributed by atoms with Crippen molar-refractivity contribution in [2.75, 3.05) is 0 Å². The zero-order valence-electron chi connectivity index (χ0n) is 12.4. The lowest BCUT2D eigenvalue weighted by Crippen LogP contribution is -2.09. The van der Waals surface area contributed by atoms with Gasteiger partial charge in [0, 0.05) is 16.7 Å². The van der Waals surface area contributed by atoms with E-state index < -0.39 is 0 Å². The highest BCUT2D eigenvalue weighted by molar-refractivity contribution is 8.00. The number of carbonyl (C=O) groups is 1. The molecule has 1 aliphatic heterocycles. The maximum atomic E-state index is 11.9. The van der Waals surface area contributed by atoms with Gasteiger partial charge in [-0.15, -0.1) is 11.3 Å². The van der Waals surface area contributed by atoms with E-state index in [0.717, 1.165) is 26.5 Å². The molecule has 0 unspecified atom stereocenters. The van der Waals surface area contributed by atoms with Crippen LogP contribution in [-0.4, -0.2) is 27.3 Å². The third kappa shape index (κ3) is 2.84. The van der Waals surface area contributed by atoms with Crippen LogP contribution in [-0.2, 0) is 9.53 Å². The zero-order chi connectivity index (χ0) is 15.8. The standard InChI is InChI=1S/C17H14N2O2S2/c1-10-7-14(17(20)21-10)23-16-12-8-13(11-5-3-2-4-6-11)22-15(12)18-9-19-16/h2-6,8-10,14H,7H2,1H3/t10-,14-/m0/s1. The summed E-state index contributed by atoms with van der Waals surface area (Å²) in [5, 5.41) is 1.68. The number of esters is 1. The highest BCUT2D eigenvalue weighted by Crippen LogP contribution is 2.39. The fraction of sp³-hybridized carbons (Fsp3) is 0.235. The molecule has 0 N–H and O–H groups in total. The van der Waals surface area contributed by atoms with Gasteiger partial charge < -0.3 is 4.74 Å². The van der Waals surface area contributed by atoms with E-state index in [-0.39, 0.29) is 17.3 Å². The molecule has 0 amide bonds. The van der Waals surface area contributed by atoms with E-state index in [0.29, 0.717) is 0 Å². The first-order valence-corrected chi connectivity index (χ1v) is 9.07. The molecule has 0 bridgehead atoms. The predicted molar refractivity (Wildman–Crippen MR) is 92.7 cm³/mol. The Morgan fingerprint density at radius 3 is 2.83 bits per heavy atom. The van der Waals surface area contributed by atoms with E-state index in [1.807, 2.05) is 25.1 Å². The molecule has 0 saturated carbocycles. The molecule has 4 rings (SSSR count). The van der Waals surface area contributed by atoms with Crippen molar-refractivity contribution in [3.63, 3.8) is 0 Å². The second-order valence-electron chi connectivity index (χ2n) is 5.46. The van der Waals surface area contributed by atoms with Crippen LogP contribution in [0.4, 0.5) is 0 Å². The second kappa shape index (κ2) is 5.94. The normalized spacial score (nSPS) is 20.8. The number of aromatic nitrogens is 2. The highest BCUT2D eigenvalue weighted by Gasteiger charge is 2.33. The highest BCUT2D eigenvalue weighted by atomic mass is 32.2. The average molecular weight is 342 g/mol. The molecule has 116 valence electrons. The molecule has 1 aromatic carbocycles. The summed E-state index contributed by atoms with van der Waals surface area (Å²) in [6, 6.07) is 12.3. The number of rotatable bonds is 3. The molecule has 0 spiro atoms. The molecule has 0 radical (unpaired) electrons. The lowest BCUT2D eigenvalue weighted by atomic mass is 10.2. The van der Waals surface area contributed by atoms with E-state index in [1.165, 1.54) is 17.3 Å². The summed E-state index contributed by atoms with van der Waals surface area (Å²) in [5.74, 6) is -0.146. The Bertz CT molecular complexity index is 863. The molecule has 6 heteroatoms. The maximum Gasteiger partial charge on any atom is 0.319 e. The fourth-order valence-electron chi connectivity index (χ4n) is 2.62. The molecule has 1 fully saturated rings. The van der Waals surface area contributed by atoms with Crippen LogP contribution in [0.25, 0.3) is 20.7 Å². The minimum atomic E-state index is -0.178. The number of thioether (sulfide) groups is 1.